The number of anilines is 3. The van der Waals surface area contributed by atoms with Crippen molar-refractivity contribution in [3.8, 4) is 5.75 Å². The summed E-state index contributed by atoms with van der Waals surface area (Å²) in [6.07, 6.45) is -0.131. The molecule has 1 spiro atoms. The van der Waals surface area contributed by atoms with E-state index >= 15 is 0 Å². The molecular weight excluding hydrogens is 641 g/mol. The van der Waals surface area contributed by atoms with Gasteiger partial charge in [-0.15, -0.1) is 0 Å². The zero-order chi connectivity index (χ0) is 35.1. The molecule has 12 heteroatoms. The Morgan fingerprint density at radius 2 is 1.73 bits per heavy atom. The van der Waals surface area contributed by atoms with Crippen molar-refractivity contribution in [1.29, 1.82) is 0 Å². The first-order valence-electron chi connectivity index (χ1n) is 16.2. The number of nitrogens with zero attached hydrogens (tertiary/aromatic N) is 2. The van der Waals surface area contributed by atoms with E-state index in [0.29, 0.717) is 34.6 Å². The monoisotopic (exact) mass is 680 g/mol. The molecule has 0 bridgehead atoms. The van der Waals surface area contributed by atoms with E-state index in [1.807, 2.05) is 31.2 Å². The highest BCUT2D eigenvalue weighted by Gasteiger charge is 2.66. The van der Waals surface area contributed by atoms with Gasteiger partial charge in [-0.1, -0.05) is 49.5 Å². The first kappa shape index (κ1) is 33.8. The third kappa shape index (κ3) is 5.96. The predicted octanol–water partition coefficient (Wildman–Crippen LogP) is 5.58. The van der Waals surface area contributed by atoms with Gasteiger partial charge in [0.15, 0.2) is 5.60 Å². The smallest absolute Gasteiger partial charge is 0.269 e. The fourth-order valence-electron chi connectivity index (χ4n) is 7.68. The number of carbonyl (C=O) groups is 2. The SMILES string of the molecule is COc1ccc([Si](C)(C)[C@H]2[C@H](CCO)O[C@@]3(C(=O)N(Cc4ccc(NC(=O)c5ccc(N)cc5)cc4)c4ccc([N+](=O)[O-])cc43)[C@@H]2C)cc1. The van der Waals surface area contributed by atoms with E-state index in [4.69, 9.17) is 15.2 Å². The van der Waals surface area contributed by atoms with Crippen LogP contribution in [0.15, 0.2) is 91.0 Å². The normalized spacial score (nSPS) is 21.5. The summed E-state index contributed by atoms with van der Waals surface area (Å²) in [7, 11) is -0.786. The average Bonchev–Trinajstić information content (AvgIpc) is 3.52. The topological polar surface area (TPSA) is 157 Å². The van der Waals surface area contributed by atoms with Gasteiger partial charge in [-0.2, -0.15) is 0 Å². The second-order valence-corrected chi connectivity index (χ2v) is 18.0. The van der Waals surface area contributed by atoms with Crippen molar-refractivity contribution < 1.29 is 29.1 Å². The third-order valence-electron chi connectivity index (χ3n) is 10.2. The van der Waals surface area contributed by atoms with Crippen LogP contribution in [-0.2, 0) is 21.7 Å². The fraction of sp³-hybridized carbons (Fsp3) is 0.297. The Labute approximate surface area is 285 Å². The molecule has 1 saturated heterocycles. The molecule has 2 aliphatic rings. The lowest BCUT2D eigenvalue weighted by atomic mass is 9.82. The number of aliphatic hydroxyl groups excluding tert-OH is 1. The van der Waals surface area contributed by atoms with Crippen LogP contribution in [0.2, 0.25) is 18.6 Å². The molecule has 4 aromatic carbocycles. The second-order valence-electron chi connectivity index (χ2n) is 13.3. The molecule has 4 N–H and O–H groups in total. The number of nitrogens with one attached hydrogen (secondary N) is 1. The first-order valence-corrected chi connectivity index (χ1v) is 19.3. The number of nitro benzene ring substituents is 1. The number of hydrogen-bond donors (Lipinski definition) is 3. The molecule has 0 aliphatic carbocycles. The minimum absolute atomic E-state index is 0.104. The molecule has 4 atom stereocenters. The number of carbonyl (C=O) groups excluding carboxylic acids is 2. The van der Waals surface area contributed by atoms with Crippen LogP contribution in [0.1, 0.15) is 34.8 Å². The Morgan fingerprint density at radius 1 is 1.06 bits per heavy atom. The Bertz CT molecular complexity index is 1880. The quantitative estimate of drug-likeness (QED) is 0.0848. The van der Waals surface area contributed by atoms with Crippen LogP contribution in [0.25, 0.3) is 0 Å². The molecule has 49 heavy (non-hydrogen) atoms. The van der Waals surface area contributed by atoms with Crippen LogP contribution in [-0.4, -0.2) is 49.7 Å². The number of benzene rings is 4. The maximum atomic E-state index is 14.8. The van der Waals surface area contributed by atoms with E-state index in [1.165, 1.54) is 12.1 Å². The summed E-state index contributed by atoms with van der Waals surface area (Å²) in [5.74, 6) is -0.189. The lowest BCUT2D eigenvalue weighted by Crippen LogP contribution is -2.51. The number of ether oxygens (including phenoxy) is 2. The van der Waals surface area contributed by atoms with E-state index in [2.05, 4.69) is 30.5 Å². The fourth-order valence-corrected chi connectivity index (χ4v) is 11.7. The van der Waals surface area contributed by atoms with E-state index in [9.17, 15) is 24.8 Å². The summed E-state index contributed by atoms with van der Waals surface area (Å²) in [6, 6.07) is 26.3. The zero-order valence-corrected chi connectivity index (χ0v) is 28.9. The maximum absolute atomic E-state index is 14.8. The van der Waals surface area contributed by atoms with E-state index in [0.717, 1.165) is 16.5 Å². The molecule has 0 radical (unpaired) electrons. The molecule has 11 nitrogen and oxygen atoms in total. The largest absolute Gasteiger partial charge is 0.497 e. The molecule has 0 aromatic heterocycles. The van der Waals surface area contributed by atoms with Gasteiger partial charge >= 0.3 is 0 Å². The van der Waals surface area contributed by atoms with Gasteiger partial charge < -0.3 is 30.5 Å². The average molecular weight is 681 g/mol. The summed E-state index contributed by atoms with van der Waals surface area (Å²) >= 11 is 0. The highest BCUT2D eigenvalue weighted by atomic mass is 28.3. The lowest BCUT2D eigenvalue weighted by Gasteiger charge is -2.37. The number of rotatable bonds is 10. The van der Waals surface area contributed by atoms with Crippen molar-refractivity contribution in [2.24, 2.45) is 5.92 Å². The van der Waals surface area contributed by atoms with Gasteiger partial charge in [-0.05, 0) is 72.1 Å². The van der Waals surface area contributed by atoms with Gasteiger partial charge in [0.25, 0.3) is 17.5 Å². The molecule has 4 aromatic rings. The summed E-state index contributed by atoms with van der Waals surface area (Å²) in [4.78, 5) is 40.7. The highest BCUT2D eigenvalue weighted by Crippen LogP contribution is 2.60. The number of hydrogen-bond acceptors (Lipinski definition) is 8. The van der Waals surface area contributed by atoms with E-state index in [1.54, 1.807) is 54.5 Å². The van der Waals surface area contributed by atoms with Gasteiger partial charge in [0.05, 0.1) is 38.4 Å². The zero-order valence-electron chi connectivity index (χ0n) is 27.9. The first-order chi connectivity index (χ1) is 23.4. The minimum Gasteiger partial charge on any atom is -0.497 e. The molecular formula is C37H40N4O7Si. The molecule has 1 fully saturated rings. The Balaban J connectivity index is 1.34. The van der Waals surface area contributed by atoms with Gasteiger partial charge in [0.1, 0.15) is 5.75 Å². The van der Waals surface area contributed by atoms with E-state index < -0.39 is 24.7 Å². The molecule has 0 saturated carbocycles. The molecule has 2 amide bonds. The third-order valence-corrected chi connectivity index (χ3v) is 14.5. The number of amides is 2. The second kappa shape index (κ2) is 13.1. The van der Waals surface area contributed by atoms with Crippen LogP contribution >= 0.6 is 0 Å². The number of nitrogens with two attached hydrogens (primary N) is 1. The summed E-state index contributed by atoms with van der Waals surface area (Å²) in [5.41, 5.74) is 7.46. The van der Waals surface area contributed by atoms with Gasteiger partial charge in [-0.25, -0.2) is 0 Å². The van der Waals surface area contributed by atoms with Crippen LogP contribution < -0.4 is 25.9 Å². The number of non-ortho nitro benzene ring substituents is 1. The predicted molar refractivity (Wildman–Crippen MR) is 191 cm³/mol. The van der Waals surface area contributed by atoms with Gasteiger partial charge in [0, 0.05) is 47.2 Å². The van der Waals surface area contributed by atoms with Crippen molar-refractivity contribution in [3.05, 3.63) is 118 Å². The van der Waals surface area contributed by atoms with Crippen LogP contribution in [0.5, 0.6) is 5.75 Å². The minimum atomic E-state index is -2.41. The summed E-state index contributed by atoms with van der Waals surface area (Å²) < 4.78 is 12.2. The van der Waals surface area contributed by atoms with Crippen molar-refractivity contribution >= 4 is 47.8 Å². The van der Waals surface area contributed by atoms with E-state index in [-0.39, 0.29) is 42.1 Å². The van der Waals surface area contributed by atoms with Crippen molar-refractivity contribution in [2.75, 3.05) is 29.7 Å². The lowest BCUT2D eigenvalue weighted by molar-refractivity contribution is -0.385. The number of nitrogen functional groups attached to an aromatic ring is 1. The summed E-state index contributed by atoms with van der Waals surface area (Å²) in [6.45, 7) is 6.53. The van der Waals surface area contributed by atoms with Crippen LogP contribution in [0, 0.1) is 16.0 Å². The number of aliphatic hydroxyl groups is 1. The van der Waals surface area contributed by atoms with Gasteiger partial charge in [-0.3, -0.25) is 19.7 Å². The maximum Gasteiger partial charge on any atom is 0.269 e. The van der Waals surface area contributed by atoms with Crippen LogP contribution in [0.3, 0.4) is 0 Å². The standard InChI is InChI=1S/C37H40N4O7Si/c1-23-34(49(3,4)30-16-14-29(47-2)15-17-30)33(19-20-42)48-37(23)31-21-28(41(45)46)13-18-32(31)40(36(37)44)22-24-5-11-27(12-6-24)39-35(43)25-7-9-26(38)10-8-25/h5-18,21,23,33-34,42H,19-20,22,38H2,1-4H3,(H,39,43)/t23-,33+,34-,37+/m1/s1. The number of methoxy groups -OCH3 is 1. The summed E-state index contributed by atoms with van der Waals surface area (Å²) in [5, 5.41) is 26.1. The molecule has 2 heterocycles. The molecule has 2 aliphatic heterocycles. The molecule has 6 rings (SSSR count). The Kier molecular flexibility index (Phi) is 9.05. The Hall–Kier alpha value is -5.04. The van der Waals surface area contributed by atoms with Gasteiger partial charge in [0.2, 0.25) is 0 Å². The Morgan fingerprint density at radius 3 is 2.35 bits per heavy atom. The van der Waals surface area contributed by atoms with Crippen molar-refractivity contribution in [1.82, 2.24) is 0 Å². The van der Waals surface area contributed by atoms with Crippen LogP contribution in [0.4, 0.5) is 22.7 Å². The highest BCUT2D eigenvalue weighted by molar-refractivity contribution is 6.91. The molecule has 0 unspecified atom stereocenters. The number of fused-ring (bicyclic) bond motifs is 2. The molecule has 254 valence electrons. The van der Waals surface area contributed by atoms with Crippen molar-refractivity contribution in [2.45, 2.75) is 50.2 Å². The van der Waals surface area contributed by atoms with Crippen molar-refractivity contribution in [3.63, 3.8) is 0 Å². The number of nitro groups is 1.